The number of hydrogen-bond donors (Lipinski definition) is 1. The minimum absolute atomic E-state index is 0.125. The highest BCUT2D eigenvalue weighted by atomic mass is 32.2. The van der Waals surface area contributed by atoms with Crippen LogP contribution in [0.25, 0.3) is 0 Å². The van der Waals surface area contributed by atoms with Crippen molar-refractivity contribution in [1.82, 2.24) is 5.32 Å². The summed E-state index contributed by atoms with van der Waals surface area (Å²) in [6.45, 7) is 2.39. The molecule has 3 nitrogen and oxygen atoms in total. The molecule has 0 spiro atoms. The van der Waals surface area contributed by atoms with Crippen molar-refractivity contribution in [1.29, 1.82) is 0 Å². The Morgan fingerprint density at radius 2 is 2.37 bits per heavy atom. The van der Waals surface area contributed by atoms with Gasteiger partial charge in [0.1, 0.15) is 5.60 Å². The van der Waals surface area contributed by atoms with Gasteiger partial charge in [-0.15, -0.1) is 11.8 Å². The third kappa shape index (κ3) is 2.82. The quantitative estimate of drug-likeness (QED) is 0.918. The van der Waals surface area contributed by atoms with Crippen LogP contribution in [0.3, 0.4) is 0 Å². The summed E-state index contributed by atoms with van der Waals surface area (Å²) < 4.78 is 11.2. The molecule has 2 aliphatic rings. The van der Waals surface area contributed by atoms with Crippen LogP contribution in [0.2, 0.25) is 0 Å². The largest absolute Gasteiger partial charge is 0.378 e. The van der Waals surface area contributed by atoms with Crippen LogP contribution in [-0.4, -0.2) is 38.2 Å². The molecule has 1 aromatic rings. The van der Waals surface area contributed by atoms with Gasteiger partial charge in [-0.25, -0.2) is 0 Å². The molecule has 1 aromatic carbocycles. The first-order valence-electron chi connectivity index (χ1n) is 6.91. The van der Waals surface area contributed by atoms with E-state index >= 15 is 0 Å². The van der Waals surface area contributed by atoms with E-state index in [2.05, 4.69) is 29.6 Å². The molecular formula is C15H21NO2S. The molecule has 0 bridgehead atoms. The van der Waals surface area contributed by atoms with Crippen molar-refractivity contribution in [2.45, 2.75) is 29.4 Å². The normalized spacial score (nSPS) is 30.3. The Kier molecular flexibility index (Phi) is 4.12. The lowest BCUT2D eigenvalue weighted by Crippen LogP contribution is -2.44. The van der Waals surface area contributed by atoms with Crippen molar-refractivity contribution in [3.05, 3.63) is 29.8 Å². The second-order valence-electron chi connectivity index (χ2n) is 5.30. The molecule has 0 amide bonds. The highest BCUT2D eigenvalue weighted by Crippen LogP contribution is 2.36. The van der Waals surface area contributed by atoms with E-state index in [1.165, 1.54) is 22.6 Å². The molecule has 2 aliphatic heterocycles. The average Bonchev–Trinajstić information content (AvgIpc) is 2.94. The van der Waals surface area contributed by atoms with E-state index in [1.807, 2.05) is 11.8 Å². The van der Waals surface area contributed by atoms with E-state index in [0.717, 1.165) is 19.6 Å². The van der Waals surface area contributed by atoms with E-state index < -0.39 is 0 Å². The SMILES string of the molecule is COC1(CNC2CCSc3ccccc32)CCOC1. The van der Waals surface area contributed by atoms with Crippen molar-refractivity contribution < 1.29 is 9.47 Å². The van der Waals surface area contributed by atoms with Crippen LogP contribution in [0.15, 0.2) is 29.2 Å². The highest BCUT2D eigenvalue weighted by molar-refractivity contribution is 7.99. The van der Waals surface area contributed by atoms with Gasteiger partial charge in [0.15, 0.2) is 0 Å². The van der Waals surface area contributed by atoms with Crippen LogP contribution in [0, 0.1) is 0 Å². The zero-order valence-electron chi connectivity index (χ0n) is 11.4. The lowest BCUT2D eigenvalue weighted by atomic mass is 9.99. The van der Waals surface area contributed by atoms with E-state index in [0.29, 0.717) is 12.6 Å². The van der Waals surface area contributed by atoms with Crippen LogP contribution in [0.5, 0.6) is 0 Å². The zero-order chi connectivity index (χ0) is 13.1. The van der Waals surface area contributed by atoms with Crippen molar-refractivity contribution >= 4 is 11.8 Å². The van der Waals surface area contributed by atoms with Gasteiger partial charge in [-0.1, -0.05) is 18.2 Å². The monoisotopic (exact) mass is 279 g/mol. The lowest BCUT2D eigenvalue weighted by Gasteiger charge is -2.31. The molecule has 19 heavy (non-hydrogen) atoms. The summed E-state index contributed by atoms with van der Waals surface area (Å²) in [5.41, 5.74) is 1.31. The summed E-state index contributed by atoms with van der Waals surface area (Å²) in [5, 5.41) is 3.69. The molecule has 0 radical (unpaired) electrons. The molecule has 0 aliphatic carbocycles. The molecular weight excluding hydrogens is 258 g/mol. The van der Waals surface area contributed by atoms with Crippen LogP contribution >= 0.6 is 11.8 Å². The second kappa shape index (κ2) is 5.83. The smallest absolute Gasteiger partial charge is 0.106 e. The Bertz CT molecular complexity index is 432. The molecule has 2 unspecified atom stereocenters. The van der Waals surface area contributed by atoms with Crippen molar-refractivity contribution in [3.63, 3.8) is 0 Å². The number of benzene rings is 1. The van der Waals surface area contributed by atoms with Crippen LogP contribution in [0.4, 0.5) is 0 Å². The maximum atomic E-state index is 5.69. The predicted octanol–water partition coefficient (Wildman–Crippen LogP) is 2.62. The molecule has 1 N–H and O–H groups in total. The standard InChI is InChI=1S/C15H21NO2S/c1-17-15(7-8-18-11-15)10-16-13-6-9-19-14-5-3-2-4-12(13)14/h2-5,13,16H,6-11H2,1H3. The summed E-state index contributed by atoms with van der Waals surface area (Å²) in [6.07, 6.45) is 2.17. The Labute approximate surface area is 119 Å². The first kappa shape index (κ1) is 13.4. The molecule has 4 heteroatoms. The third-order valence-corrected chi connectivity index (χ3v) is 5.25. The molecule has 1 saturated heterocycles. The first-order chi connectivity index (χ1) is 9.33. The van der Waals surface area contributed by atoms with Crippen molar-refractivity contribution in [3.8, 4) is 0 Å². The van der Waals surface area contributed by atoms with Gasteiger partial charge in [-0.2, -0.15) is 0 Å². The van der Waals surface area contributed by atoms with Crippen molar-refractivity contribution in [2.75, 3.05) is 32.6 Å². The van der Waals surface area contributed by atoms with Gasteiger partial charge in [0.2, 0.25) is 0 Å². The maximum absolute atomic E-state index is 5.69. The minimum atomic E-state index is -0.125. The van der Waals surface area contributed by atoms with Gasteiger partial charge in [0.05, 0.1) is 6.61 Å². The van der Waals surface area contributed by atoms with Gasteiger partial charge in [-0.3, -0.25) is 0 Å². The van der Waals surface area contributed by atoms with Crippen LogP contribution < -0.4 is 5.32 Å². The van der Waals surface area contributed by atoms with Crippen LogP contribution in [-0.2, 0) is 9.47 Å². The Balaban J connectivity index is 1.68. The van der Waals surface area contributed by atoms with Gasteiger partial charge in [-0.05, 0) is 23.8 Å². The second-order valence-corrected chi connectivity index (χ2v) is 6.43. The number of ether oxygens (including phenoxy) is 2. The molecule has 2 heterocycles. The molecule has 0 aromatic heterocycles. The number of rotatable bonds is 4. The number of fused-ring (bicyclic) bond motifs is 1. The minimum Gasteiger partial charge on any atom is -0.378 e. The number of thioether (sulfide) groups is 1. The average molecular weight is 279 g/mol. The lowest BCUT2D eigenvalue weighted by molar-refractivity contribution is -0.0176. The molecule has 3 rings (SSSR count). The fourth-order valence-corrected chi connectivity index (χ4v) is 3.95. The third-order valence-electron chi connectivity index (χ3n) is 4.13. The van der Waals surface area contributed by atoms with Gasteiger partial charge < -0.3 is 14.8 Å². The Hall–Kier alpha value is -0.550. The Morgan fingerprint density at radius 1 is 1.47 bits per heavy atom. The summed E-state index contributed by atoms with van der Waals surface area (Å²) in [4.78, 5) is 1.42. The summed E-state index contributed by atoms with van der Waals surface area (Å²) in [7, 11) is 1.79. The predicted molar refractivity (Wildman–Crippen MR) is 77.7 cm³/mol. The van der Waals surface area contributed by atoms with E-state index in [9.17, 15) is 0 Å². The molecule has 0 saturated carbocycles. The zero-order valence-corrected chi connectivity index (χ0v) is 12.2. The maximum Gasteiger partial charge on any atom is 0.106 e. The number of nitrogens with one attached hydrogen (secondary N) is 1. The molecule has 2 atom stereocenters. The van der Waals surface area contributed by atoms with Gasteiger partial charge in [0, 0.05) is 37.6 Å². The summed E-state index contributed by atoms with van der Waals surface area (Å²) in [6, 6.07) is 9.16. The number of hydrogen-bond acceptors (Lipinski definition) is 4. The van der Waals surface area contributed by atoms with Crippen molar-refractivity contribution in [2.24, 2.45) is 0 Å². The van der Waals surface area contributed by atoms with Gasteiger partial charge in [0.25, 0.3) is 0 Å². The fraction of sp³-hybridized carbons (Fsp3) is 0.600. The topological polar surface area (TPSA) is 30.5 Å². The first-order valence-corrected chi connectivity index (χ1v) is 7.90. The fourth-order valence-electron chi connectivity index (χ4n) is 2.82. The molecule has 1 fully saturated rings. The highest BCUT2D eigenvalue weighted by Gasteiger charge is 2.35. The van der Waals surface area contributed by atoms with E-state index in [1.54, 1.807) is 7.11 Å². The van der Waals surface area contributed by atoms with E-state index in [-0.39, 0.29) is 5.60 Å². The molecule has 104 valence electrons. The number of methoxy groups -OCH3 is 1. The summed E-state index contributed by atoms with van der Waals surface area (Å²) in [5.74, 6) is 1.19. The van der Waals surface area contributed by atoms with Gasteiger partial charge >= 0.3 is 0 Å². The Morgan fingerprint density at radius 3 is 3.16 bits per heavy atom. The summed E-state index contributed by atoms with van der Waals surface area (Å²) >= 11 is 1.96. The van der Waals surface area contributed by atoms with E-state index in [4.69, 9.17) is 9.47 Å². The van der Waals surface area contributed by atoms with Crippen LogP contribution in [0.1, 0.15) is 24.4 Å².